The summed E-state index contributed by atoms with van der Waals surface area (Å²) in [6, 6.07) is 19.3. The molecule has 9 nitrogen and oxygen atoms in total. The zero-order valence-corrected chi connectivity index (χ0v) is 19.6. The molecule has 0 spiro atoms. The van der Waals surface area contributed by atoms with Crippen molar-refractivity contribution in [2.24, 2.45) is 5.73 Å². The lowest BCUT2D eigenvalue weighted by molar-refractivity contribution is -0.384. The maximum atomic E-state index is 12.7. The summed E-state index contributed by atoms with van der Waals surface area (Å²) in [7, 11) is 0. The van der Waals surface area contributed by atoms with Crippen molar-refractivity contribution >= 4 is 29.9 Å². The van der Waals surface area contributed by atoms with E-state index in [1.807, 2.05) is 42.5 Å². The number of nitrogens with one attached hydrogen (secondary N) is 2. The number of nitrogens with two attached hydrogens (primary N) is 1. The number of aromatic nitrogens is 1. The third-order valence-corrected chi connectivity index (χ3v) is 5.43. The molecule has 1 heterocycles. The molecule has 0 aliphatic carbocycles. The van der Waals surface area contributed by atoms with Crippen molar-refractivity contribution in [1.82, 2.24) is 10.3 Å². The molecule has 0 aliphatic heterocycles. The highest BCUT2D eigenvalue weighted by molar-refractivity contribution is 7.80. The third kappa shape index (κ3) is 6.93. The Morgan fingerprint density at radius 2 is 1.94 bits per heavy atom. The largest absolute Gasteiger partial charge is 0.463 e. The number of ether oxygens (including phenoxy) is 1. The average Bonchev–Trinajstić information content (AvgIpc) is 2.86. The number of benzene rings is 2. The predicted molar refractivity (Wildman–Crippen MR) is 135 cm³/mol. The van der Waals surface area contributed by atoms with Gasteiger partial charge in [0.15, 0.2) is 6.10 Å². The maximum absolute atomic E-state index is 12.7. The van der Waals surface area contributed by atoms with Crippen molar-refractivity contribution in [2.45, 2.75) is 25.6 Å². The second kappa shape index (κ2) is 12.0. The minimum absolute atomic E-state index is 0.0342. The van der Waals surface area contributed by atoms with E-state index in [0.717, 1.165) is 5.56 Å². The van der Waals surface area contributed by atoms with E-state index in [0.29, 0.717) is 29.2 Å². The van der Waals surface area contributed by atoms with Crippen LogP contribution in [0.5, 0.6) is 5.88 Å². The Hall–Kier alpha value is -3.63. The second-order valence-corrected chi connectivity index (χ2v) is 8.01. The summed E-state index contributed by atoms with van der Waals surface area (Å²) in [4.78, 5) is 27.8. The molecule has 2 unspecified atom stereocenters. The van der Waals surface area contributed by atoms with Gasteiger partial charge in [-0.2, -0.15) is 12.6 Å². The molecule has 0 bridgehead atoms. The number of hydrogen-bond donors (Lipinski definition) is 4. The Labute approximate surface area is 203 Å². The molecule has 3 rings (SSSR count). The van der Waals surface area contributed by atoms with Crippen LogP contribution in [0.1, 0.15) is 12.5 Å². The molecule has 0 aliphatic rings. The first-order chi connectivity index (χ1) is 16.4. The van der Waals surface area contributed by atoms with Gasteiger partial charge in [0, 0.05) is 42.6 Å². The summed E-state index contributed by atoms with van der Waals surface area (Å²) in [6.07, 6.45) is -0.865. The number of non-ortho nitro benzene ring substituents is 1. The van der Waals surface area contributed by atoms with Gasteiger partial charge in [0.05, 0.1) is 16.3 Å². The minimum Gasteiger partial charge on any atom is -0.463 e. The molecule has 3 aromatic rings. The molecule has 1 aromatic heterocycles. The maximum Gasteiger partial charge on any atom is 0.269 e. The van der Waals surface area contributed by atoms with Crippen LogP contribution in [0.4, 0.5) is 11.4 Å². The monoisotopic (exact) mass is 481 g/mol. The SMILES string of the molecule is CC(Oc1nc(-c2ccccc2)ccc1NCC(N)CS)C(=O)NCc1cccc([N+](=O)[O-])c1. The smallest absolute Gasteiger partial charge is 0.269 e. The number of anilines is 1. The van der Waals surface area contributed by atoms with Gasteiger partial charge >= 0.3 is 0 Å². The van der Waals surface area contributed by atoms with Crippen LogP contribution in [-0.4, -0.2) is 40.3 Å². The van der Waals surface area contributed by atoms with Crippen LogP contribution in [0, 0.1) is 10.1 Å². The highest BCUT2D eigenvalue weighted by atomic mass is 32.1. The van der Waals surface area contributed by atoms with E-state index in [-0.39, 0.29) is 30.1 Å². The van der Waals surface area contributed by atoms with Crippen molar-refractivity contribution in [1.29, 1.82) is 0 Å². The predicted octanol–water partition coefficient (Wildman–Crippen LogP) is 3.41. The summed E-state index contributed by atoms with van der Waals surface area (Å²) in [5.41, 5.74) is 8.75. The molecule has 0 saturated heterocycles. The summed E-state index contributed by atoms with van der Waals surface area (Å²) in [6.45, 7) is 2.20. The molecule has 10 heteroatoms. The van der Waals surface area contributed by atoms with Gasteiger partial charge in [-0.25, -0.2) is 4.98 Å². The normalized spacial score (nSPS) is 12.4. The molecule has 2 aromatic carbocycles. The van der Waals surface area contributed by atoms with Crippen molar-refractivity contribution in [3.8, 4) is 17.1 Å². The number of amides is 1. The van der Waals surface area contributed by atoms with Gasteiger partial charge in [-0.1, -0.05) is 42.5 Å². The number of hydrogen-bond acceptors (Lipinski definition) is 8. The molecule has 0 radical (unpaired) electrons. The third-order valence-electron chi connectivity index (χ3n) is 4.96. The van der Waals surface area contributed by atoms with Crippen molar-refractivity contribution in [2.75, 3.05) is 17.6 Å². The Balaban J connectivity index is 1.73. The number of rotatable bonds is 11. The van der Waals surface area contributed by atoms with E-state index >= 15 is 0 Å². The number of thiol groups is 1. The van der Waals surface area contributed by atoms with Gasteiger partial charge in [0.2, 0.25) is 5.88 Å². The molecule has 34 heavy (non-hydrogen) atoms. The van der Waals surface area contributed by atoms with E-state index < -0.39 is 11.0 Å². The van der Waals surface area contributed by atoms with Crippen LogP contribution in [0.25, 0.3) is 11.3 Å². The standard InChI is InChI=1S/C24H27N5O4S/c1-16(23(30)27-13-17-6-5-9-20(12-17)29(31)32)33-24-22(26-14-19(25)15-34)11-10-21(28-24)18-7-3-2-4-8-18/h2-12,16,19,26,34H,13-15,25H2,1H3,(H,27,30). The average molecular weight is 482 g/mol. The van der Waals surface area contributed by atoms with E-state index in [2.05, 4.69) is 28.2 Å². The zero-order chi connectivity index (χ0) is 24.5. The minimum atomic E-state index is -0.865. The van der Waals surface area contributed by atoms with Gasteiger partial charge in [-0.05, 0) is 24.6 Å². The molecular weight excluding hydrogens is 454 g/mol. The van der Waals surface area contributed by atoms with Gasteiger partial charge < -0.3 is 21.1 Å². The highest BCUT2D eigenvalue weighted by Gasteiger charge is 2.19. The molecular formula is C24H27N5O4S. The molecule has 2 atom stereocenters. The first kappa shape index (κ1) is 25.0. The topological polar surface area (TPSA) is 132 Å². The van der Waals surface area contributed by atoms with Crippen LogP contribution in [0.15, 0.2) is 66.7 Å². The van der Waals surface area contributed by atoms with Crippen LogP contribution >= 0.6 is 12.6 Å². The Morgan fingerprint density at radius 1 is 1.18 bits per heavy atom. The van der Waals surface area contributed by atoms with E-state index in [1.54, 1.807) is 19.1 Å². The van der Waals surface area contributed by atoms with Crippen molar-refractivity contribution < 1.29 is 14.5 Å². The van der Waals surface area contributed by atoms with Gasteiger partial charge in [0.25, 0.3) is 11.6 Å². The van der Waals surface area contributed by atoms with Gasteiger partial charge in [-0.3, -0.25) is 14.9 Å². The molecule has 178 valence electrons. The first-order valence-electron chi connectivity index (χ1n) is 10.7. The van der Waals surface area contributed by atoms with E-state index in [4.69, 9.17) is 10.5 Å². The van der Waals surface area contributed by atoms with Crippen LogP contribution < -0.4 is 21.1 Å². The highest BCUT2D eigenvalue weighted by Crippen LogP contribution is 2.28. The Morgan fingerprint density at radius 3 is 2.65 bits per heavy atom. The molecule has 4 N–H and O–H groups in total. The molecule has 0 fully saturated rings. The van der Waals surface area contributed by atoms with Crippen LogP contribution in [-0.2, 0) is 11.3 Å². The van der Waals surface area contributed by atoms with Crippen LogP contribution in [0.2, 0.25) is 0 Å². The lowest BCUT2D eigenvalue weighted by atomic mass is 10.1. The van der Waals surface area contributed by atoms with Crippen molar-refractivity contribution in [3.05, 3.63) is 82.4 Å². The number of carbonyl (C=O) groups is 1. The zero-order valence-electron chi connectivity index (χ0n) is 18.7. The fraction of sp³-hybridized carbons (Fsp3) is 0.250. The summed E-state index contributed by atoms with van der Waals surface area (Å²) < 4.78 is 5.93. The number of nitro groups is 1. The summed E-state index contributed by atoms with van der Waals surface area (Å²) >= 11 is 4.20. The molecule has 1 amide bonds. The number of pyridine rings is 1. The first-order valence-corrected chi connectivity index (χ1v) is 11.3. The fourth-order valence-corrected chi connectivity index (χ4v) is 3.20. The van der Waals surface area contributed by atoms with Gasteiger partial charge in [0.1, 0.15) is 0 Å². The molecule has 0 saturated carbocycles. The van der Waals surface area contributed by atoms with Crippen LogP contribution in [0.3, 0.4) is 0 Å². The fourth-order valence-electron chi connectivity index (χ4n) is 3.07. The Bertz CT molecular complexity index is 1130. The Kier molecular flexibility index (Phi) is 8.83. The van der Waals surface area contributed by atoms with E-state index in [9.17, 15) is 14.9 Å². The summed E-state index contributed by atoms with van der Waals surface area (Å²) in [5.74, 6) is 0.400. The van der Waals surface area contributed by atoms with Gasteiger partial charge in [-0.15, -0.1) is 0 Å². The lowest BCUT2D eigenvalue weighted by Gasteiger charge is -2.19. The number of carbonyl (C=O) groups excluding carboxylic acids is 1. The lowest BCUT2D eigenvalue weighted by Crippen LogP contribution is -2.36. The second-order valence-electron chi connectivity index (χ2n) is 7.64. The van der Waals surface area contributed by atoms with Crippen molar-refractivity contribution in [3.63, 3.8) is 0 Å². The summed E-state index contributed by atoms with van der Waals surface area (Å²) in [5, 5.41) is 16.9. The number of nitrogens with zero attached hydrogens (tertiary/aromatic N) is 2. The number of nitro benzene ring substituents is 1. The van der Waals surface area contributed by atoms with E-state index in [1.165, 1.54) is 12.1 Å². The quantitative estimate of drug-likeness (QED) is 0.187.